The zero-order valence-corrected chi connectivity index (χ0v) is 31.5. The topological polar surface area (TPSA) is 54.4 Å². The molecule has 3 aromatic carbocycles. The van der Waals surface area contributed by atoms with E-state index < -0.39 is 26.0 Å². The second kappa shape index (κ2) is 16.2. The van der Waals surface area contributed by atoms with Crippen molar-refractivity contribution >= 4 is 36.6 Å². The van der Waals surface area contributed by atoms with E-state index in [1.807, 2.05) is 0 Å². The summed E-state index contributed by atoms with van der Waals surface area (Å²) in [4.78, 5) is 0.382. The molecular formula is C42H56O3P2S. The second-order valence-corrected chi connectivity index (χ2v) is 22.0. The predicted octanol–water partition coefficient (Wildman–Crippen LogP) is 11.8. The number of rotatable bonds is 9. The van der Waals surface area contributed by atoms with E-state index in [2.05, 4.69) is 66.7 Å². The predicted molar refractivity (Wildman–Crippen MR) is 208 cm³/mol. The summed E-state index contributed by atoms with van der Waals surface area (Å²) in [7, 11) is -6.15. The molecule has 0 atom stereocenters. The molecule has 4 aliphatic carbocycles. The molecule has 1 N–H and O–H groups in total. The molecule has 0 spiro atoms. The third kappa shape index (κ3) is 7.68. The highest BCUT2D eigenvalue weighted by atomic mass is 32.2. The molecule has 0 heterocycles. The van der Waals surface area contributed by atoms with E-state index in [0.29, 0.717) is 27.5 Å². The van der Waals surface area contributed by atoms with E-state index in [4.69, 9.17) is 0 Å². The van der Waals surface area contributed by atoms with Gasteiger partial charge in [-0.25, -0.2) is 0 Å². The van der Waals surface area contributed by atoms with E-state index in [1.165, 1.54) is 128 Å². The van der Waals surface area contributed by atoms with Gasteiger partial charge < -0.3 is 0 Å². The van der Waals surface area contributed by atoms with E-state index >= 15 is 0 Å². The average Bonchev–Trinajstić information content (AvgIpc) is 3.14. The van der Waals surface area contributed by atoms with E-state index in [0.717, 1.165) is 32.9 Å². The zero-order chi connectivity index (χ0) is 32.9. The van der Waals surface area contributed by atoms with Crippen molar-refractivity contribution in [2.24, 2.45) is 0 Å². The minimum atomic E-state index is -4.54. The van der Waals surface area contributed by atoms with Crippen LogP contribution in [0, 0.1) is 0 Å². The van der Waals surface area contributed by atoms with Crippen LogP contribution in [0.2, 0.25) is 0 Å². The van der Waals surface area contributed by atoms with Gasteiger partial charge in [0.05, 0.1) is 0 Å². The van der Waals surface area contributed by atoms with E-state index in [1.54, 1.807) is 0 Å². The summed E-state index contributed by atoms with van der Waals surface area (Å²) in [6.45, 7) is 0. The van der Waals surface area contributed by atoms with Crippen LogP contribution in [-0.2, 0) is 10.1 Å². The van der Waals surface area contributed by atoms with Crippen molar-refractivity contribution in [1.82, 2.24) is 0 Å². The zero-order valence-electron chi connectivity index (χ0n) is 28.9. The maximum Gasteiger partial charge on any atom is 0.295 e. The standard InChI is InChI=1S/C42H56O3P2S/c43-48(44,45)42-40(46(34-23-11-3-12-24-34)35-25-13-4-14-26-35)38(32-19-7-1-8-20-32)31-39(33-21-9-2-10-22-33)41(42)47(36-27-15-5-16-28-36)37-29-17-6-18-30-37/h1-2,7-10,19-22,31,34-37H,3-6,11-18,23-30H2,(H,43,44,45). The Labute approximate surface area is 293 Å². The molecular weight excluding hydrogens is 646 g/mol. The monoisotopic (exact) mass is 702 g/mol. The first-order chi connectivity index (χ1) is 23.5. The fraction of sp³-hybridized carbons (Fsp3) is 0.571. The van der Waals surface area contributed by atoms with Gasteiger partial charge in [-0.3, -0.25) is 4.55 Å². The van der Waals surface area contributed by atoms with Crippen LogP contribution in [0.3, 0.4) is 0 Å². The quantitative estimate of drug-likeness (QED) is 0.178. The normalized spacial score (nSPS) is 21.2. The Morgan fingerprint density at radius 1 is 0.458 bits per heavy atom. The lowest BCUT2D eigenvalue weighted by Crippen LogP contribution is -2.37. The van der Waals surface area contributed by atoms with Crippen LogP contribution in [-0.4, -0.2) is 35.6 Å². The van der Waals surface area contributed by atoms with Crippen LogP contribution >= 0.6 is 15.8 Å². The Kier molecular flexibility index (Phi) is 11.8. The van der Waals surface area contributed by atoms with Gasteiger partial charge in [0, 0.05) is 10.6 Å². The highest BCUT2D eigenvalue weighted by Gasteiger charge is 2.43. The fourth-order valence-electron chi connectivity index (χ4n) is 9.83. The first kappa shape index (κ1) is 34.9. The first-order valence-electron chi connectivity index (χ1n) is 19.4. The van der Waals surface area contributed by atoms with Gasteiger partial charge in [-0.2, -0.15) is 8.42 Å². The van der Waals surface area contributed by atoms with Crippen molar-refractivity contribution in [3.8, 4) is 22.3 Å². The largest absolute Gasteiger partial charge is 0.295 e. The first-order valence-corrected chi connectivity index (χ1v) is 23.8. The van der Waals surface area contributed by atoms with Crippen molar-refractivity contribution in [2.75, 3.05) is 0 Å². The SMILES string of the molecule is O=S(=O)(O)c1c(P(C2CCCCC2)C2CCCCC2)c(-c2ccccc2)cc(-c2ccccc2)c1P(C1CCCCC1)C1CCCCC1. The number of hydrogen-bond donors (Lipinski definition) is 1. The Morgan fingerprint density at radius 2 is 0.750 bits per heavy atom. The molecule has 4 fully saturated rings. The van der Waals surface area contributed by atoms with Crippen molar-refractivity contribution < 1.29 is 13.0 Å². The van der Waals surface area contributed by atoms with Crippen molar-refractivity contribution in [2.45, 2.75) is 156 Å². The van der Waals surface area contributed by atoms with E-state index in [-0.39, 0.29) is 0 Å². The molecule has 4 saturated carbocycles. The minimum absolute atomic E-state index is 0.382. The second-order valence-electron chi connectivity index (χ2n) is 15.2. The molecule has 3 aromatic rings. The Hall–Kier alpha value is -1.57. The maximum absolute atomic E-state index is 14.6. The van der Waals surface area contributed by atoms with Crippen molar-refractivity contribution in [1.29, 1.82) is 0 Å². The van der Waals surface area contributed by atoms with Crippen LogP contribution in [0.1, 0.15) is 128 Å². The Bertz CT molecular complexity index is 1450. The summed E-state index contributed by atoms with van der Waals surface area (Å²) in [6, 6.07) is 23.7. The average molecular weight is 703 g/mol. The molecule has 48 heavy (non-hydrogen) atoms. The third-order valence-electron chi connectivity index (χ3n) is 12.0. The van der Waals surface area contributed by atoms with Crippen LogP contribution < -0.4 is 10.6 Å². The van der Waals surface area contributed by atoms with Crippen LogP contribution in [0.4, 0.5) is 0 Å². The van der Waals surface area contributed by atoms with Gasteiger partial charge in [-0.1, -0.05) is 154 Å². The summed E-state index contributed by atoms with van der Waals surface area (Å²) >= 11 is 0. The van der Waals surface area contributed by atoms with Gasteiger partial charge in [0.25, 0.3) is 10.1 Å². The third-order valence-corrected chi connectivity index (χ3v) is 20.4. The smallest absolute Gasteiger partial charge is 0.282 e. The van der Waals surface area contributed by atoms with Crippen molar-refractivity contribution in [3.05, 3.63) is 66.7 Å². The molecule has 0 unspecified atom stereocenters. The molecule has 7 rings (SSSR count). The lowest BCUT2D eigenvalue weighted by atomic mass is 9.98. The number of hydrogen-bond acceptors (Lipinski definition) is 2. The van der Waals surface area contributed by atoms with Crippen molar-refractivity contribution in [3.63, 3.8) is 0 Å². The molecule has 0 radical (unpaired) electrons. The maximum atomic E-state index is 14.6. The molecule has 3 nitrogen and oxygen atoms in total. The van der Waals surface area contributed by atoms with Gasteiger partial charge in [0.1, 0.15) is 4.90 Å². The molecule has 4 aliphatic rings. The number of benzene rings is 3. The van der Waals surface area contributed by atoms with Gasteiger partial charge in [0.2, 0.25) is 0 Å². The highest BCUT2D eigenvalue weighted by Crippen LogP contribution is 2.61. The summed E-state index contributed by atoms with van der Waals surface area (Å²) in [5.41, 5.74) is 6.43. The summed E-state index contributed by atoms with van der Waals surface area (Å²) in [5.74, 6) is 0. The molecule has 0 bridgehead atoms. The van der Waals surface area contributed by atoms with Crippen LogP contribution in [0.5, 0.6) is 0 Å². The van der Waals surface area contributed by atoms with Crippen LogP contribution in [0.25, 0.3) is 22.3 Å². The van der Waals surface area contributed by atoms with Gasteiger partial charge in [-0.15, -0.1) is 0 Å². The fourth-order valence-corrected chi connectivity index (χ4v) is 19.9. The molecule has 6 heteroatoms. The minimum Gasteiger partial charge on any atom is -0.282 e. The molecule has 0 aliphatic heterocycles. The summed E-state index contributed by atoms with van der Waals surface area (Å²) < 4.78 is 41.0. The van der Waals surface area contributed by atoms with Gasteiger partial charge in [-0.05, 0) is 102 Å². The Morgan fingerprint density at radius 3 is 1.02 bits per heavy atom. The molecule has 0 aromatic heterocycles. The molecule has 0 amide bonds. The van der Waals surface area contributed by atoms with Crippen LogP contribution in [0.15, 0.2) is 71.6 Å². The lowest BCUT2D eigenvalue weighted by molar-refractivity contribution is 0.481. The Balaban J connectivity index is 1.59. The summed E-state index contributed by atoms with van der Waals surface area (Å²) in [6.07, 6.45) is 24.6. The summed E-state index contributed by atoms with van der Waals surface area (Å²) in [5, 5.41) is 2.12. The lowest BCUT2D eigenvalue weighted by Gasteiger charge is -2.43. The molecule has 0 saturated heterocycles. The van der Waals surface area contributed by atoms with Gasteiger partial charge >= 0.3 is 0 Å². The highest BCUT2D eigenvalue weighted by molar-refractivity contribution is 7.88. The van der Waals surface area contributed by atoms with Gasteiger partial charge in [0.15, 0.2) is 0 Å². The van der Waals surface area contributed by atoms with E-state index in [9.17, 15) is 13.0 Å². The molecule has 258 valence electrons.